The van der Waals surface area contributed by atoms with Crippen LogP contribution in [0.3, 0.4) is 0 Å². The zero-order chi connectivity index (χ0) is 11.4. The van der Waals surface area contributed by atoms with Crippen molar-refractivity contribution in [2.45, 2.75) is 20.8 Å². The van der Waals surface area contributed by atoms with Gasteiger partial charge >= 0.3 is 11.8 Å². The molecule has 0 N–H and O–H groups in total. The molecule has 0 spiro atoms. The summed E-state index contributed by atoms with van der Waals surface area (Å²) in [7, 11) is -1.06. The van der Waals surface area contributed by atoms with Crippen molar-refractivity contribution >= 4 is 59.1 Å². The molecule has 0 saturated carbocycles. The molecule has 0 rings (SSSR count). The maximum absolute atomic E-state index is 5.14. The lowest BCUT2D eigenvalue weighted by Crippen LogP contribution is -1.94. The van der Waals surface area contributed by atoms with Crippen LogP contribution in [0, 0.1) is 0 Å². The zero-order valence-corrected chi connectivity index (χ0v) is 14.2. The number of hydrogen-bond acceptors (Lipinski definition) is 3. The third-order valence-electron chi connectivity index (χ3n) is 0.704. The lowest BCUT2D eigenvalue weighted by atomic mass is 10.8. The van der Waals surface area contributed by atoms with Gasteiger partial charge in [-0.3, -0.25) is 0 Å². The Kier molecular flexibility index (Phi) is 19.2. The first-order chi connectivity index (χ1) is 6.58. The van der Waals surface area contributed by atoms with Crippen molar-refractivity contribution in [1.82, 2.24) is 0 Å². The molecule has 0 unspecified atom stereocenters. The summed E-state index contributed by atoms with van der Waals surface area (Å²) >= 11 is 9.31. The average molecular weight is 417 g/mol. The first-order valence-corrected chi connectivity index (χ1v) is 8.03. The van der Waals surface area contributed by atoms with Crippen LogP contribution in [0.2, 0.25) is 0 Å². The van der Waals surface area contributed by atoms with Gasteiger partial charge in [-0.05, 0) is 20.8 Å². The fraction of sp³-hybridized carbons (Fsp3) is 1.00. The summed E-state index contributed by atoms with van der Waals surface area (Å²) in [6, 6.07) is 0. The Labute approximate surface area is 113 Å². The minimum Gasteiger partial charge on any atom is -0.313 e. The lowest BCUT2D eigenvalue weighted by molar-refractivity contribution is 0.176. The second-order valence-corrected chi connectivity index (χ2v) is 9.38. The molecular formula is C6H15BBr3O3P. The smallest absolute Gasteiger partial charge is 0.313 e. The van der Waals surface area contributed by atoms with Crippen LogP contribution in [-0.4, -0.2) is 23.0 Å². The van der Waals surface area contributed by atoms with Gasteiger partial charge in [0.1, 0.15) is 0 Å². The molecule has 14 heavy (non-hydrogen) atoms. The van der Waals surface area contributed by atoms with Crippen molar-refractivity contribution < 1.29 is 13.6 Å². The summed E-state index contributed by atoms with van der Waals surface area (Å²) in [5.41, 5.74) is 0. The van der Waals surface area contributed by atoms with Crippen LogP contribution < -0.4 is 0 Å². The zero-order valence-electron chi connectivity index (χ0n) is 8.50. The van der Waals surface area contributed by atoms with E-state index in [-0.39, 0.29) is 3.18 Å². The minimum absolute atomic E-state index is 0.271. The van der Waals surface area contributed by atoms with E-state index < -0.39 is 8.60 Å². The molecular weight excluding hydrogens is 402 g/mol. The summed E-state index contributed by atoms with van der Waals surface area (Å²) < 4.78 is 15.7. The Morgan fingerprint density at radius 2 is 1.07 bits per heavy atom. The molecule has 0 saturated heterocycles. The van der Waals surface area contributed by atoms with Crippen LogP contribution >= 0.6 is 55.9 Å². The Morgan fingerprint density at radius 1 is 0.857 bits per heavy atom. The molecule has 0 aromatic heterocycles. The second-order valence-electron chi connectivity index (χ2n) is 1.72. The van der Waals surface area contributed by atoms with Gasteiger partial charge in [0.25, 0.3) is 0 Å². The molecule has 0 amide bonds. The predicted molar refractivity (Wildman–Crippen MR) is 74.3 cm³/mol. The van der Waals surface area contributed by atoms with Crippen LogP contribution in [0.25, 0.3) is 0 Å². The Bertz CT molecular complexity index is 95.3. The van der Waals surface area contributed by atoms with Crippen LogP contribution in [0.15, 0.2) is 0 Å². The molecule has 86 valence electrons. The largest absolute Gasteiger partial charge is 0.369 e. The van der Waals surface area contributed by atoms with Crippen LogP contribution in [-0.2, 0) is 13.6 Å². The van der Waals surface area contributed by atoms with E-state index in [0.29, 0.717) is 19.8 Å². The van der Waals surface area contributed by atoms with Crippen molar-refractivity contribution in [3.8, 4) is 0 Å². The monoisotopic (exact) mass is 414 g/mol. The summed E-state index contributed by atoms with van der Waals surface area (Å²) in [5, 5.41) is 0. The SMILES string of the molecule is BrB(Br)Br.CCOP(OCC)OCC. The van der Waals surface area contributed by atoms with Crippen LogP contribution in [0.1, 0.15) is 20.8 Å². The molecule has 8 heteroatoms. The van der Waals surface area contributed by atoms with Crippen molar-refractivity contribution in [2.24, 2.45) is 0 Å². The molecule has 0 aromatic rings. The van der Waals surface area contributed by atoms with E-state index in [1.165, 1.54) is 0 Å². The molecule has 0 aliphatic rings. The summed E-state index contributed by atoms with van der Waals surface area (Å²) in [6.07, 6.45) is 0. The minimum atomic E-state index is -1.06. The normalized spacial score (nSPS) is 9.64. The predicted octanol–water partition coefficient (Wildman–Crippen LogP) is 4.48. The van der Waals surface area contributed by atoms with E-state index in [1.807, 2.05) is 20.8 Å². The molecule has 0 atom stereocenters. The fourth-order valence-corrected chi connectivity index (χ4v) is 1.28. The van der Waals surface area contributed by atoms with Gasteiger partial charge in [0.05, 0.1) is 19.8 Å². The van der Waals surface area contributed by atoms with Crippen molar-refractivity contribution in [3.63, 3.8) is 0 Å². The van der Waals surface area contributed by atoms with E-state index in [0.717, 1.165) is 0 Å². The topological polar surface area (TPSA) is 27.7 Å². The number of rotatable bonds is 6. The van der Waals surface area contributed by atoms with Crippen molar-refractivity contribution in [1.29, 1.82) is 0 Å². The van der Waals surface area contributed by atoms with E-state index in [2.05, 4.69) is 47.3 Å². The fourth-order valence-electron chi connectivity index (χ4n) is 0.428. The van der Waals surface area contributed by atoms with Gasteiger partial charge in [-0.2, -0.15) is 0 Å². The summed E-state index contributed by atoms with van der Waals surface area (Å²) in [4.78, 5) is 0. The third kappa shape index (κ3) is 19.4. The molecule has 0 fully saturated rings. The Morgan fingerprint density at radius 3 is 1.21 bits per heavy atom. The maximum Gasteiger partial charge on any atom is 0.369 e. The van der Waals surface area contributed by atoms with E-state index in [4.69, 9.17) is 13.6 Å². The van der Waals surface area contributed by atoms with E-state index in [1.54, 1.807) is 0 Å². The maximum atomic E-state index is 5.14. The standard InChI is InChI=1S/C6H15O3P.BBr3/c1-4-7-10(8-5-2)9-6-3;2-1(3)4/h4-6H2,1-3H3;. The van der Waals surface area contributed by atoms with Gasteiger partial charge in [0.15, 0.2) is 0 Å². The van der Waals surface area contributed by atoms with Gasteiger partial charge in [-0.15, -0.1) is 47.3 Å². The quantitative estimate of drug-likeness (QED) is 0.472. The van der Waals surface area contributed by atoms with Crippen LogP contribution in [0.5, 0.6) is 0 Å². The van der Waals surface area contributed by atoms with Gasteiger partial charge in [0, 0.05) is 0 Å². The highest BCUT2D eigenvalue weighted by Gasteiger charge is 2.07. The van der Waals surface area contributed by atoms with E-state index >= 15 is 0 Å². The highest BCUT2D eigenvalue weighted by atomic mass is 79.9. The summed E-state index contributed by atoms with van der Waals surface area (Å²) in [6.45, 7) is 7.71. The highest BCUT2D eigenvalue weighted by molar-refractivity contribution is 9.69. The third-order valence-corrected chi connectivity index (χ3v) is 2.11. The van der Waals surface area contributed by atoms with Crippen molar-refractivity contribution in [3.05, 3.63) is 0 Å². The van der Waals surface area contributed by atoms with Gasteiger partial charge in [-0.1, -0.05) is 0 Å². The first-order valence-electron chi connectivity index (χ1n) is 4.19. The molecule has 0 aliphatic carbocycles. The molecule has 0 aromatic carbocycles. The van der Waals surface area contributed by atoms with Crippen molar-refractivity contribution in [2.75, 3.05) is 19.8 Å². The summed E-state index contributed by atoms with van der Waals surface area (Å²) in [5.74, 6) is 0. The van der Waals surface area contributed by atoms with Gasteiger partial charge in [-0.25, -0.2) is 0 Å². The molecule has 0 heterocycles. The molecule has 0 radical (unpaired) electrons. The second kappa shape index (κ2) is 14.8. The average Bonchev–Trinajstić information content (AvgIpc) is 2.04. The number of halogens is 3. The lowest BCUT2D eigenvalue weighted by Gasteiger charge is -2.12. The van der Waals surface area contributed by atoms with Crippen LogP contribution in [0.4, 0.5) is 0 Å². The first kappa shape index (κ1) is 18.2. The Balaban J connectivity index is 0. The highest BCUT2D eigenvalue weighted by Crippen LogP contribution is 2.38. The number of hydrogen-bond donors (Lipinski definition) is 0. The van der Waals surface area contributed by atoms with Gasteiger partial charge < -0.3 is 13.6 Å². The molecule has 3 nitrogen and oxygen atoms in total. The molecule has 0 bridgehead atoms. The van der Waals surface area contributed by atoms with E-state index in [9.17, 15) is 0 Å². The Hall–Kier alpha value is 1.81. The van der Waals surface area contributed by atoms with Gasteiger partial charge in [0.2, 0.25) is 0 Å². The molecule has 0 aliphatic heterocycles.